The summed E-state index contributed by atoms with van der Waals surface area (Å²) in [4.78, 5) is 12.1. The van der Waals surface area contributed by atoms with Gasteiger partial charge in [0.25, 0.3) is 5.91 Å². The first-order chi connectivity index (χ1) is 10.2. The molecule has 0 radical (unpaired) electrons. The van der Waals surface area contributed by atoms with E-state index in [0.29, 0.717) is 10.1 Å². The van der Waals surface area contributed by atoms with E-state index in [9.17, 15) is 9.18 Å². The first kappa shape index (κ1) is 14.5. The molecule has 2 aromatic rings. The fraction of sp³-hybridized carbons (Fsp3) is 0.188. The fourth-order valence-electron chi connectivity index (χ4n) is 2.12. The zero-order chi connectivity index (χ0) is 14.7. The number of carbonyl (C=O) groups excluding carboxylic acids is 1. The Morgan fingerprint density at radius 2 is 1.81 bits per heavy atom. The smallest absolute Gasteiger partial charge is 0.255 e. The lowest BCUT2D eigenvalue weighted by Crippen LogP contribution is -2.11. The highest BCUT2D eigenvalue weighted by Crippen LogP contribution is 2.45. The molecule has 2 aromatic carbocycles. The van der Waals surface area contributed by atoms with Crippen LogP contribution in [-0.2, 0) is 0 Å². The maximum absolute atomic E-state index is 12.9. The van der Waals surface area contributed by atoms with E-state index in [0.717, 1.165) is 5.69 Å². The SMILES string of the molecule is O=C(Nc1cccc(C2SCCS2)c1)c1ccc(F)cc1. The molecule has 21 heavy (non-hydrogen) atoms. The number of anilines is 1. The Balaban J connectivity index is 1.73. The first-order valence-electron chi connectivity index (χ1n) is 6.62. The summed E-state index contributed by atoms with van der Waals surface area (Å²) in [6.07, 6.45) is 0. The predicted octanol–water partition coefficient (Wildman–Crippen LogP) is 4.56. The number of hydrogen-bond donors (Lipinski definition) is 1. The molecule has 1 heterocycles. The molecular formula is C16H14FNOS2. The van der Waals surface area contributed by atoms with E-state index in [2.05, 4.69) is 11.4 Å². The number of thioether (sulfide) groups is 2. The minimum Gasteiger partial charge on any atom is -0.322 e. The van der Waals surface area contributed by atoms with Gasteiger partial charge < -0.3 is 5.32 Å². The van der Waals surface area contributed by atoms with Gasteiger partial charge in [-0.2, -0.15) is 0 Å². The molecule has 1 N–H and O–H groups in total. The van der Waals surface area contributed by atoms with E-state index in [1.165, 1.54) is 41.3 Å². The summed E-state index contributed by atoms with van der Waals surface area (Å²) in [5.41, 5.74) is 2.45. The van der Waals surface area contributed by atoms with Gasteiger partial charge >= 0.3 is 0 Å². The Morgan fingerprint density at radius 1 is 1.10 bits per heavy atom. The maximum Gasteiger partial charge on any atom is 0.255 e. The topological polar surface area (TPSA) is 29.1 Å². The third kappa shape index (κ3) is 3.60. The molecule has 1 aliphatic heterocycles. The Bertz CT molecular complexity index is 639. The standard InChI is InChI=1S/C16H14FNOS2/c17-13-6-4-11(5-7-13)15(19)18-14-3-1-2-12(10-14)16-20-8-9-21-16/h1-7,10,16H,8-9H2,(H,18,19). The second-order valence-corrected chi connectivity index (χ2v) is 7.38. The normalized spacial score (nSPS) is 15.1. The molecule has 1 fully saturated rings. The van der Waals surface area contributed by atoms with Gasteiger partial charge in [-0.1, -0.05) is 12.1 Å². The van der Waals surface area contributed by atoms with Gasteiger partial charge in [-0.05, 0) is 42.0 Å². The second kappa shape index (κ2) is 6.54. The minimum absolute atomic E-state index is 0.223. The van der Waals surface area contributed by atoms with Gasteiger partial charge in [-0.25, -0.2) is 4.39 Å². The molecule has 1 saturated heterocycles. The van der Waals surface area contributed by atoms with Crippen LogP contribution in [0.25, 0.3) is 0 Å². The van der Waals surface area contributed by atoms with Crippen molar-refractivity contribution in [3.63, 3.8) is 0 Å². The van der Waals surface area contributed by atoms with Crippen LogP contribution < -0.4 is 5.32 Å². The van der Waals surface area contributed by atoms with Crippen molar-refractivity contribution in [3.05, 3.63) is 65.5 Å². The van der Waals surface area contributed by atoms with Gasteiger partial charge in [0, 0.05) is 22.8 Å². The van der Waals surface area contributed by atoms with E-state index in [1.807, 2.05) is 41.7 Å². The summed E-state index contributed by atoms with van der Waals surface area (Å²) in [7, 11) is 0. The van der Waals surface area contributed by atoms with Gasteiger partial charge in [0.2, 0.25) is 0 Å². The van der Waals surface area contributed by atoms with E-state index >= 15 is 0 Å². The van der Waals surface area contributed by atoms with Crippen molar-refractivity contribution in [3.8, 4) is 0 Å². The van der Waals surface area contributed by atoms with Crippen molar-refractivity contribution in [1.29, 1.82) is 0 Å². The van der Waals surface area contributed by atoms with Crippen molar-refractivity contribution in [2.24, 2.45) is 0 Å². The molecule has 0 saturated carbocycles. The largest absolute Gasteiger partial charge is 0.322 e. The van der Waals surface area contributed by atoms with Crippen LogP contribution in [0.3, 0.4) is 0 Å². The third-order valence-electron chi connectivity index (χ3n) is 3.14. The van der Waals surface area contributed by atoms with Crippen LogP contribution in [0.1, 0.15) is 20.5 Å². The van der Waals surface area contributed by atoms with Crippen molar-refractivity contribution in [2.75, 3.05) is 16.8 Å². The lowest BCUT2D eigenvalue weighted by Gasteiger charge is -2.11. The summed E-state index contributed by atoms with van der Waals surface area (Å²) in [5, 5.41) is 2.86. The summed E-state index contributed by atoms with van der Waals surface area (Å²) in [6, 6.07) is 13.5. The fourth-order valence-corrected chi connectivity index (χ4v) is 4.96. The Morgan fingerprint density at radius 3 is 2.52 bits per heavy atom. The van der Waals surface area contributed by atoms with Crippen LogP contribution in [0.15, 0.2) is 48.5 Å². The quantitative estimate of drug-likeness (QED) is 0.899. The van der Waals surface area contributed by atoms with Gasteiger partial charge in [-0.3, -0.25) is 4.79 Å². The average molecular weight is 319 g/mol. The number of nitrogens with one attached hydrogen (secondary N) is 1. The highest BCUT2D eigenvalue weighted by Gasteiger charge is 2.18. The number of hydrogen-bond acceptors (Lipinski definition) is 3. The second-order valence-electron chi connectivity index (χ2n) is 4.66. The zero-order valence-electron chi connectivity index (χ0n) is 11.2. The molecule has 0 aromatic heterocycles. The summed E-state index contributed by atoms with van der Waals surface area (Å²) < 4.78 is 13.3. The molecule has 0 unspecified atom stereocenters. The highest BCUT2D eigenvalue weighted by atomic mass is 32.2. The molecule has 2 nitrogen and oxygen atoms in total. The monoisotopic (exact) mass is 319 g/mol. The molecule has 0 aliphatic carbocycles. The molecule has 108 valence electrons. The molecule has 0 spiro atoms. The predicted molar refractivity (Wildman–Crippen MR) is 88.5 cm³/mol. The van der Waals surface area contributed by atoms with E-state index in [1.54, 1.807) is 0 Å². The molecular weight excluding hydrogens is 305 g/mol. The number of carbonyl (C=O) groups is 1. The van der Waals surface area contributed by atoms with Gasteiger partial charge in [-0.15, -0.1) is 23.5 Å². The summed E-state index contributed by atoms with van der Waals surface area (Å²) in [5.74, 6) is 1.77. The summed E-state index contributed by atoms with van der Waals surface area (Å²) >= 11 is 3.86. The van der Waals surface area contributed by atoms with Crippen molar-refractivity contribution < 1.29 is 9.18 Å². The van der Waals surface area contributed by atoms with Crippen LogP contribution in [0.2, 0.25) is 0 Å². The van der Waals surface area contributed by atoms with Crippen molar-refractivity contribution in [2.45, 2.75) is 4.58 Å². The lowest BCUT2D eigenvalue weighted by atomic mass is 10.2. The zero-order valence-corrected chi connectivity index (χ0v) is 12.8. The lowest BCUT2D eigenvalue weighted by molar-refractivity contribution is 0.102. The third-order valence-corrected chi connectivity index (χ3v) is 6.25. The molecule has 1 amide bonds. The summed E-state index contributed by atoms with van der Waals surface area (Å²) in [6.45, 7) is 0. The Hall–Kier alpha value is -1.46. The van der Waals surface area contributed by atoms with Crippen molar-refractivity contribution >= 4 is 35.1 Å². The van der Waals surface area contributed by atoms with E-state index < -0.39 is 0 Å². The molecule has 3 rings (SSSR count). The Kier molecular flexibility index (Phi) is 4.51. The minimum atomic E-state index is -0.344. The molecule has 0 atom stereocenters. The maximum atomic E-state index is 12.9. The number of benzene rings is 2. The van der Waals surface area contributed by atoms with Gasteiger partial charge in [0.15, 0.2) is 0 Å². The Labute approximate surface area is 131 Å². The van der Waals surface area contributed by atoms with Crippen molar-refractivity contribution in [1.82, 2.24) is 0 Å². The van der Waals surface area contributed by atoms with E-state index in [-0.39, 0.29) is 11.7 Å². The molecule has 5 heteroatoms. The van der Waals surface area contributed by atoms with Crippen LogP contribution in [-0.4, -0.2) is 17.4 Å². The highest BCUT2D eigenvalue weighted by molar-refractivity contribution is 8.19. The van der Waals surface area contributed by atoms with Crippen LogP contribution >= 0.6 is 23.5 Å². The van der Waals surface area contributed by atoms with Crippen LogP contribution in [0.4, 0.5) is 10.1 Å². The number of rotatable bonds is 3. The number of amides is 1. The van der Waals surface area contributed by atoms with Gasteiger partial charge in [0.05, 0.1) is 4.58 Å². The number of halogens is 1. The van der Waals surface area contributed by atoms with Crippen LogP contribution in [0, 0.1) is 5.82 Å². The first-order valence-corrected chi connectivity index (χ1v) is 8.72. The van der Waals surface area contributed by atoms with E-state index in [4.69, 9.17) is 0 Å². The average Bonchev–Trinajstić information content (AvgIpc) is 3.02. The van der Waals surface area contributed by atoms with Gasteiger partial charge in [0.1, 0.15) is 5.82 Å². The van der Waals surface area contributed by atoms with Crippen LogP contribution in [0.5, 0.6) is 0 Å². The molecule has 1 aliphatic rings. The molecule has 0 bridgehead atoms.